The average molecular weight is 481 g/mol. The summed E-state index contributed by atoms with van der Waals surface area (Å²) < 4.78 is 1.91. The Morgan fingerprint density at radius 2 is 1.83 bits per heavy atom. The first-order valence-electron chi connectivity index (χ1n) is 11.3. The number of benzene rings is 3. The zero-order valence-electron chi connectivity index (χ0n) is 19.4. The first-order valence-corrected chi connectivity index (χ1v) is 12.1. The summed E-state index contributed by atoms with van der Waals surface area (Å²) in [7, 11) is 0. The molecule has 0 radical (unpaired) electrons. The van der Waals surface area contributed by atoms with Gasteiger partial charge in [0.25, 0.3) is 5.91 Å². The number of aliphatic imine (C=N–C) groups is 1. The summed E-state index contributed by atoms with van der Waals surface area (Å²) in [5.74, 6) is -0.300. The topological polar surface area (TPSA) is 75.5 Å². The van der Waals surface area contributed by atoms with Crippen LogP contribution in [0.3, 0.4) is 0 Å². The van der Waals surface area contributed by atoms with Crippen LogP contribution in [0, 0.1) is 13.8 Å². The van der Waals surface area contributed by atoms with E-state index in [1.54, 1.807) is 0 Å². The molecule has 0 aliphatic carbocycles. The number of aryl methyl sites for hydroxylation is 2. The molecule has 0 spiro atoms. The van der Waals surface area contributed by atoms with Crippen molar-refractivity contribution in [3.63, 3.8) is 0 Å². The number of fused-ring (bicyclic) bond motifs is 1. The summed E-state index contributed by atoms with van der Waals surface area (Å²) in [4.78, 5) is 30.5. The molecule has 0 saturated carbocycles. The molecule has 1 aliphatic rings. The Morgan fingerprint density at radius 1 is 1.03 bits per heavy atom. The zero-order chi connectivity index (χ0) is 24.4. The van der Waals surface area contributed by atoms with Crippen molar-refractivity contribution >= 4 is 57.1 Å². The van der Waals surface area contributed by atoms with Crippen LogP contribution in [0.5, 0.6) is 0 Å². The highest BCUT2D eigenvalue weighted by atomic mass is 32.2. The molecule has 5 rings (SSSR count). The van der Waals surface area contributed by atoms with Gasteiger partial charge < -0.3 is 15.2 Å². The maximum Gasteiger partial charge on any atom is 0.264 e. The van der Waals surface area contributed by atoms with E-state index in [4.69, 9.17) is 0 Å². The van der Waals surface area contributed by atoms with E-state index in [2.05, 4.69) is 15.6 Å². The van der Waals surface area contributed by atoms with Gasteiger partial charge >= 0.3 is 0 Å². The maximum atomic E-state index is 12.7. The van der Waals surface area contributed by atoms with Gasteiger partial charge in [0.1, 0.15) is 6.54 Å². The van der Waals surface area contributed by atoms with Gasteiger partial charge in [0, 0.05) is 28.4 Å². The van der Waals surface area contributed by atoms with Crippen LogP contribution in [-0.2, 0) is 16.1 Å². The minimum absolute atomic E-state index is 0.115. The van der Waals surface area contributed by atoms with Crippen LogP contribution in [0.15, 0.2) is 88.9 Å². The maximum absolute atomic E-state index is 12.7. The lowest BCUT2D eigenvalue weighted by atomic mass is 10.1. The highest BCUT2D eigenvalue weighted by Crippen LogP contribution is 2.31. The molecule has 4 aromatic rings. The fraction of sp³-hybridized carbons (Fsp3) is 0.107. The first-order chi connectivity index (χ1) is 16.9. The number of carbonyl (C=O) groups excluding carboxylic acids is 2. The Balaban J connectivity index is 1.39. The molecule has 2 amide bonds. The van der Waals surface area contributed by atoms with Crippen molar-refractivity contribution < 1.29 is 9.59 Å². The summed E-state index contributed by atoms with van der Waals surface area (Å²) in [6, 6.07) is 23.4. The Hall–Kier alpha value is -4.10. The number of amides is 2. The van der Waals surface area contributed by atoms with Crippen LogP contribution in [0.1, 0.15) is 16.7 Å². The Labute approximate surface area is 207 Å². The number of carbonyl (C=O) groups is 2. The second kappa shape index (κ2) is 9.64. The Kier molecular flexibility index (Phi) is 6.25. The monoisotopic (exact) mass is 480 g/mol. The minimum Gasteiger partial charge on any atom is -0.337 e. The third-order valence-electron chi connectivity index (χ3n) is 5.64. The number of thioether (sulfide) groups is 1. The van der Waals surface area contributed by atoms with Crippen LogP contribution < -0.4 is 10.6 Å². The SMILES string of the molecule is Cc1ccc(N=C2NC(=O)/C(=C\c3cn(CC(=O)Nc4cccc(C)c4)c4ccccc34)S2)cc1. The lowest BCUT2D eigenvalue weighted by Gasteiger charge is -2.08. The van der Waals surface area contributed by atoms with Gasteiger partial charge in [-0.25, -0.2) is 4.99 Å². The normalized spacial score (nSPS) is 15.7. The van der Waals surface area contributed by atoms with E-state index in [0.29, 0.717) is 10.1 Å². The molecule has 174 valence electrons. The van der Waals surface area contributed by atoms with E-state index in [0.717, 1.165) is 39.0 Å². The third-order valence-corrected chi connectivity index (χ3v) is 6.55. The molecule has 6 nitrogen and oxygen atoms in total. The largest absolute Gasteiger partial charge is 0.337 e. The number of nitrogens with one attached hydrogen (secondary N) is 2. The third kappa shape index (κ3) is 5.20. The van der Waals surface area contributed by atoms with Gasteiger partial charge in [-0.15, -0.1) is 0 Å². The van der Waals surface area contributed by atoms with Gasteiger partial charge in [0.15, 0.2) is 5.17 Å². The van der Waals surface area contributed by atoms with E-state index in [-0.39, 0.29) is 18.4 Å². The van der Waals surface area contributed by atoms with E-state index in [1.807, 2.05) is 103 Å². The van der Waals surface area contributed by atoms with Crippen LogP contribution in [0.4, 0.5) is 11.4 Å². The van der Waals surface area contributed by atoms with Gasteiger partial charge in [-0.2, -0.15) is 0 Å². The summed E-state index contributed by atoms with van der Waals surface area (Å²) in [6.07, 6.45) is 3.77. The van der Waals surface area contributed by atoms with Crippen LogP contribution >= 0.6 is 11.8 Å². The molecule has 2 N–H and O–H groups in total. The quantitative estimate of drug-likeness (QED) is 0.355. The Morgan fingerprint density at radius 3 is 2.63 bits per heavy atom. The first kappa shape index (κ1) is 22.7. The summed E-state index contributed by atoms with van der Waals surface area (Å²) in [5, 5.41) is 7.32. The van der Waals surface area contributed by atoms with Crippen molar-refractivity contribution in [3.05, 3.63) is 101 Å². The lowest BCUT2D eigenvalue weighted by molar-refractivity contribution is -0.117. The van der Waals surface area contributed by atoms with Gasteiger partial charge in [-0.3, -0.25) is 9.59 Å². The molecule has 3 aromatic carbocycles. The van der Waals surface area contributed by atoms with E-state index in [9.17, 15) is 9.59 Å². The molecule has 1 aromatic heterocycles. The van der Waals surface area contributed by atoms with Crippen molar-refractivity contribution in [3.8, 4) is 0 Å². The molecule has 2 heterocycles. The zero-order valence-corrected chi connectivity index (χ0v) is 20.2. The van der Waals surface area contributed by atoms with Crippen molar-refractivity contribution in [1.29, 1.82) is 0 Å². The fourth-order valence-electron chi connectivity index (χ4n) is 3.96. The molecule has 1 aliphatic heterocycles. The summed E-state index contributed by atoms with van der Waals surface area (Å²) in [5.41, 5.74) is 5.60. The predicted molar refractivity (Wildman–Crippen MR) is 144 cm³/mol. The van der Waals surface area contributed by atoms with Crippen LogP contribution in [0.25, 0.3) is 17.0 Å². The average Bonchev–Trinajstić information content (AvgIpc) is 3.35. The standard InChI is InChI=1S/C28H24N4O2S/c1-18-10-12-21(13-11-18)30-28-31-27(34)25(35-28)15-20-16-32(24-9-4-3-8-23(20)24)17-26(33)29-22-7-5-6-19(2)14-22/h3-16H,17H2,1-2H3,(H,29,33)(H,30,31,34)/b25-15+. The number of para-hydroxylation sites is 1. The molecule has 1 fully saturated rings. The number of amidine groups is 1. The van der Waals surface area contributed by atoms with Gasteiger partial charge in [-0.1, -0.05) is 48.0 Å². The summed E-state index contributed by atoms with van der Waals surface area (Å²) in [6.45, 7) is 4.17. The Bertz CT molecular complexity index is 1500. The molecule has 7 heteroatoms. The number of aromatic nitrogens is 1. The second-order valence-electron chi connectivity index (χ2n) is 8.46. The van der Waals surface area contributed by atoms with Gasteiger partial charge in [0.2, 0.25) is 5.91 Å². The molecular weight excluding hydrogens is 456 g/mol. The van der Waals surface area contributed by atoms with Crippen molar-refractivity contribution in [2.45, 2.75) is 20.4 Å². The highest BCUT2D eigenvalue weighted by molar-refractivity contribution is 8.18. The smallest absolute Gasteiger partial charge is 0.264 e. The lowest BCUT2D eigenvalue weighted by Crippen LogP contribution is -2.19. The molecule has 0 atom stereocenters. The van der Waals surface area contributed by atoms with E-state index in [1.165, 1.54) is 11.8 Å². The predicted octanol–water partition coefficient (Wildman–Crippen LogP) is 5.79. The van der Waals surface area contributed by atoms with Gasteiger partial charge in [-0.05, 0) is 67.6 Å². The van der Waals surface area contributed by atoms with E-state index >= 15 is 0 Å². The number of anilines is 1. The number of rotatable bonds is 5. The number of nitrogens with zero attached hydrogens (tertiary/aromatic N) is 2. The van der Waals surface area contributed by atoms with Gasteiger partial charge in [0.05, 0.1) is 10.6 Å². The molecular formula is C28H24N4O2S. The fourth-order valence-corrected chi connectivity index (χ4v) is 4.79. The van der Waals surface area contributed by atoms with Crippen molar-refractivity contribution in [2.75, 3.05) is 5.32 Å². The highest BCUT2D eigenvalue weighted by Gasteiger charge is 2.24. The van der Waals surface area contributed by atoms with Crippen molar-refractivity contribution in [2.24, 2.45) is 4.99 Å². The van der Waals surface area contributed by atoms with Crippen LogP contribution in [-0.4, -0.2) is 21.5 Å². The molecule has 0 bridgehead atoms. The number of hydrogen-bond acceptors (Lipinski definition) is 4. The molecule has 0 unspecified atom stereocenters. The molecule has 35 heavy (non-hydrogen) atoms. The second-order valence-corrected chi connectivity index (χ2v) is 9.50. The molecule has 1 saturated heterocycles. The minimum atomic E-state index is -0.185. The number of hydrogen-bond donors (Lipinski definition) is 2. The van der Waals surface area contributed by atoms with Crippen LogP contribution in [0.2, 0.25) is 0 Å². The summed E-state index contributed by atoms with van der Waals surface area (Å²) >= 11 is 1.31. The van der Waals surface area contributed by atoms with Crippen molar-refractivity contribution in [1.82, 2.24) is 9.88 Å². The van der Waals surface area contributed by atoms with E-state index < -0.39 is 0 Å².